The summed E-state index contributed by atoms with van der Waals surface area (Å²) in [5.41, 5.74) is 2.92. The Morgan fingerprint density at radius 3 is 2.88 bits per heavy atom. The molecule has 0 aliphatic rings. The Labute approximate surface area is 142 Å². The van der Waals surface area contributed by atoms with Gasteiger partial charge in [0.2, 0.25) is 0 Å². The van der Waals surface area contributed by atoms with Crippen LogP contribution in [0, 0.1) is 11.3 Å². The van der Waals surface area contributed by atoms with Gasteiger partial charge in [-0.1, -0.05) is 6.07 Å². The zero-order valence-electron chi connectivity index (χ0n) is 12.6. The number of amides is 2. The van der Waals surface area contributed by atoms with Crippen molar-refractivity contribution >= 4 is 23.1 Å². The Morgan fingerprint density at radius 2 is 2.08 bits per heavy atom. The monoisotopic (exact) mass is 335 g/mol. The number of nitrogens with zero attached hydrogens (tertiary/aromatic N) is 3. The molecule has 3 rings (SSSR count). The van der Waals surface area contributed by atoms with Crippen molar-refractivity contribution in [2.45, 2.75) is 6.54 Å². The predicted molar refractivity (Wildman–Crippen MR) is 92.4 cm³/mol. The molecule has 7 heteroatoms. The first-order valence-electron chi connectivity index (χ1n) is 7.14. The third kappa shape index (κ3) is 3.94. The Morgan fingerprint density at radius 1 is 1.25 bits per heavy atom. The fourth-order valence-electron chi connectivity index (χ4n) is 2.05. The van der Waals surface area contributed by atoms with Crippen molar-refractivity contribution in [3.8, 4) is 17.3 Å². The molecule has 0 aliphatic carbocycles. The number of rotatable bonds is 4. The summed E-state index contributed by atoms with van der Waals surface area (Å²) in [6.07, 6.45) is 3.44. The lowest BCUT2D eigenvalue weighted by Gasteiger charge is -2.06. The third-order valence-corrected chi connectivity index (χ3v) is 4.03. The van der Waals surface area contributed by atoms with Gasteiger partial charge < -0.3 is 10.6 Å². The van der Waals surface area contributed by atoms with E-state index in [4.69, 9.17) is 5.26 Å². The molecule has 0 bridgehead atoms. The highest BCUT2D eigenvalue weighted by atomic mass is 32.1. The maximum Gasteiger partial charge on any atom is 0.319 e. The molecule has 118 valence electrons. The molecule has 0 atom stereocenters. The summed E-state index contributed by atoms with van der Waals surface area (Å²) in [4.78, 5) is 20.4. The first-order chi connectivity index (χ1) is 11.7. The highest BCUT2D eigenvalue weighted by molar-refractivity contribution is 7.09. The van der Waals surface area contributed by atoms with E-state index < -0.39 is 0 Å². The van der Waals surface area contributed by atoms with E-state index in [1.807, 2.05) is 23.6 Å². The van der Waals surface area contributed by atoms with Crippen LogP contribution in [-0.4, -0.2) is 16.0 Å². The molecule has 6 nitrogen and oxygen atoms in total. The van der Waals surface area contributed by atoms with Gasteiger partial charge >= 0.3 is 6.03 Å². The standard InChI is InChI=1S/C17H13N5OS/c18-9-12-2-1-3-14(8-12)21-17(23)20-10-16-22-15(11-24-16)13-4-6-19-7-5-13/h1-8,11H,10H2,(H2,20,21,23). The van der Waals surface area contributed by atoms with Gasteiger partial charge in [0.25, 0.3) is 0 Å². The van der Waals surface area contributed by atoms with Gasteiger partial charge in [-0.15, -0.1) is 11.3 Å². The Hall–Kier alpha value is -3.24. The number of aromatic nitrogens is 2. The summed E-state index contributed by atoms with van der Waals surface area (Å²) < 4.78 is 0. The van der Waals surface area contributed by atoms with Gasteiger partial charge in [0, 0.05) is 29.0 Å². The maximum atomic E-state index is 11.9. The number of anilines is 1. The van der Waals surface area contributed by atoms with E-state index in [1.54, 1.807) is 36.7 Å². The van der Waals surface area contributed by atoms with Crippen molar-refractivity contribution in [1.82, 2.24) is 15.3 Å². The number of carbonyl (C=O) groups is 1. The quantitative estimate of drug-likeness (QED) is 0.764. The molecule has 2 aromatic heterocycles. The van der Waals surface area contributed by atoms with Crippen LogP contribution in [0.1, 0.15) is 10.6 Å². The maximum absolute atomic E-state index is 11.9. The minimum absolute atomic E-state index is 0.333. The van der Waals surface area contributed by atoms with Crippen LogP contribution in [-0.2, 0) is 6.54 Å². The predicted octanol–water partition coefficient (Wildman–Crippen LogP) is 3.40. The average molecular weight is 335 g/mol. The number of nitrogens with one attached hydrogen (secondary N) is 2. The molecule has 3 aromatic rings. The van der Waals surface area contributed by atoms with Crippen LogP contribution in [0.4, 0.5) is 10.5 Å². The average Bonchev–Trinajstić information content (AvgIpc) is 3.10. The molecule has 0 fully saturated rings. The van der Waals surface area contributed by atoms with Crippen molar-refractivity contribution in [3.05, 3.63) is 64.7 Å². The number of carbonyl (C=O) groups excluding carboxylic acids is 1. The SMILES string of the molecule is N#Cc1cccc(NC(=O)NCc2nc(-c3ccncc3)cs2)c1. The number of hydrogen-bond acceptors (Lipinski definition) is 5. The molecule has 0 unspecified atom stereocenters. The molecular formula is C17H13N5OS. The second kappa shape index (κ2) is 7.35. The minimum Gasteiger partial charge on any atom is -0.331 e. The van der Waals surface area contributed by atoms with Gasteiger partial charge in [-0.05, 0) is 30.3 Å². The highest BCUT2D eigenvalue weighted by Gasteiger charge is 2.07. The number of pyridine rings is 1. The fourth-order valence-corrected chi connectivity index (χ4v) is 2.79. The molecule has 0 spiro atoms. The fraction of sp³-hybridized carbons (Fsp3) is 0.0588. The lowest BCUT2D eigenvalue weighted by Crippen LogP contribution is -2.28. The van der Waals surface area contributed by atoms with E-state index in [0.29, 0.717) is 17.8 Å². The largest absolute Gasteiger partial charge is 0.331 e. The van der Waals surface area contributed by atoms with Crippen molar-refractivity contribution in [2.75, 3.05) is 5.32 Å². The summed E-state index contributed by atoms with van der Waals surface area (Å²) in [6.45, 7) is 0.333. The van der Waals surface area contributed by atoms with Crippen LogP contribution < -0.4 is 10.6 Å². The van der Waals surface area contributed by atoms with Gasteiger partial charge in [0.1, 0.15) is 5.01 Å². The second-order valence-corrected chi connectivity index (χ2v) is 5.81. The minimum atomic E-state index is -0.342. The Kier molecular flexibility index (Phi) is 4.79. The highest BCUT2D eigenvalue weighted by Crippen LogP contribution is 2.20. The first-order valence-corrected chi connectivity index (χ1v) is 8.02. The Balaban J connectivity index is 1.57. The van der Waals surface area contributed by atoms with Crippen molar-refractivity contribution in [2.24, 2.45) is 0 Å². The zero-order valence-corrected chi connectivity index (χ0v) is 13.4. The molecule has 2 N–H and O–H groups in total. The van der Waals surface area contributed by atoms with Crippen LogP contribution in [0.2, 0.25) is 0 Å². The smallest absolute Gasteiger partial charge is 0.319 e. The van der Waals surface area contributed by atoms with Gasteiger partial charge in [-0.25, -0.2) is 9.78 Å². The van der Waals surface area contributed by atoms with Crippen LogP contribution in [0.5, 0.6) is 0 Å². The molecule has 1 aromatic carbocycles. The lowest BCUT2D eigenvalue weighted by molar-refractivity contribution is 0.251. The van der Waals surface area contributed by atoms with Crippen LogP contribution >= 0.6 is 11.3 Å². The summed E-state index contributed by atoms with van der Waals surface area (Å²) in [7, 11) is 0. The van der Waals surface area contributed by atoms with E-state index in [-0.39, 0.29) is 6.03 Å². The second-order valence-electron chi connectivity index (χ2n) is 4.86. The van der Waals surface area contributed by atoms with E-state index in [2.05, 4.69) is 20.6 Å². The van der Waals surface area contributed by atoms with Gasteiger partial charge in [0.05, 0.1) is 23.9 Å². The number of nitriles is 1. The summed E-state index contributed by atoms with van der Waals surface area (Å²) in [5, 5.41) is 17.1. The van der Waals surface area contributed by atoms with Crippen molar-refractivity contribution in [1.29, 1.82) is 5.26 Å². The summed E-state index contributed by atoms with van der Waals surface area (Å²) in [6, 6.07) is 12.2. The Bertz CT molecular complexity index is 885. The normalized spacial score (nSPS) is 9.96. The molecule has 0 saturated carbocycles. The molecule has 24 heavy (non-hydrogen) atoms. The van der Waals surface area contributed by atoms with E-state index in [1.165, 1.54) is 11.3 Å². The van der Waals surface area contributed by atoms with Crippen LogP contribution in [0.3, 0.4) is 0 Å². The number of hydrogen-bond donors (Lipinski definition) is 2. The van der Waals surface area contributed by atoms with Crippen molar-refractivity contribution in [3.63, 3.8) is 0 Å². The van der Waals surface area contributed by atoms with E-state index in [9.17, 15) is 4.79 Å². The molecular weight excluding hydrogens is 322 g/mol. The lowest BCUT2D eigenvalue weighted by atomic mass is 10.2. The third-order valence-electron chi connectivity index (χ3n) is 3.18. The number of urea groups is 1. The molecule has 0 saturated heterocycles. The molecule has 2 heterocycles. The zero-order chi connectivity index (χ0) is 16.8. The van der Waals surface area contributed by atoms with Gasteiger partial charge in [-0.2, -0.15) is 5.26 Å². The summed E-state index contributed by atoms with van der Waals surface area (Å²) >= 11 is 1.48. The molecule has 0 aliphatic heterocycles. The van der Waals surface area contributed by atoms with Gasteiger partial charge in [0.15, 0.2) is 0 Å². The summed E-state index contributed by atoms with van der Waals surface area (Å²) in [5.74, 6) is 0. The van der Waals surface area contributed by atoms with E-state index >= 15 is 0 Å². The van der Waals surface area contributed by atoms with Crippen LogP contribution in [0.25, 0.3) is 11.3 Å². The van der Waals surface area contributed by atoms with Gasteiger partial charge in [-0.3, -0.25) is 4.98 Å². The molecule has 0 radical (unpaired) electrons. The van der Waals surface area contributed by atoms with E-state index in [0.717, 1.165) is 16.3 Å². The van der Waals surface area contributed by atoms with Crippen LogP contribution in [0.15, 0.2) is 54.2 Å². The first kappa shape index (κ1) is 15.6. The van der Waals surface area contributed by atoms with Crippen molar-refractivity contribution < 1.29 is 4.79 Å². The number of thiazole rings is 1. The number of benzene rings is 1. The molecule has 2 amide bonds. The topological polar surface area (TPSA) is 90.7 Å².